The predicted octanol–water partition coefficient (Wildman–Crippen LogP) is 1.15. The van der Waals surface area contributed by atoms with Crippen LogP contribution in [0.2, 0.25) is 0 Å². The smallest absolute Gasteiger partial charge is 0.271 e. The molecule has 4 nitrogen and oxygen atoms in total. The summed E-state index contributed by atoms with van der Waals surface area (Å²) in [6.07, 6.45) is 0. The van der Waals surface area contributed by atoms with Crippen LogP contribution in [0.25, 0.3) is 0 Å². The van der Waals surface area contributed by atoms with E-state index < -0.39 is 7.59 Å². The third-order valence-corrected chi connectivity index (χ3v) is 4.68. The molecule has 1 aliphatic rings. The van der Waals surface area contributed by atoms with Gasteiger partial charge in [-0.1, -0.05) is 0 Å². The second-order valence-electron chi connectivity index (χ2n) is 2.87. The highest BCUT2D eigenvalue weighted by Gasteiger charge is 2.39. The molecule has 2 N–H and O–H groups in total. The molecule has 1 heterocycles. The van der Waals surface area contributed by atoms with Crippen molar-refractivity contribution in [1.29, 1.82) is 0 Å². The lowest BCUT2D eigenvalue weighted by Crippen LogP contribution is -2.31. The lowest BCUT2D eigenvalue weighted by molar-refractivity contribution is 0.421. The van der Waals surface area contributed by atoms with E-state index >= 15 is 0 Å². The summed E-state index contributed by atoms with van der Waals surface area (Å²) in [7, 11) is -2.80. The van der Waals surface area contributed by atoms with E-state index in [0.29, 0.717) is 24.8 Å². The molecule has 13 heavy (non-hydrogen) atoms. The quantitative estimate of drug-likeness (QED) is 0.434. The van der Waals surface area contributed by atoms with E-state index in [1.54, 1.807) is 9.34 Å². The van der Waals surface area contributed by atoms with Crippen LogP contribution in [-0.4, -0.2) is 47.3 Å². The van der Waals surface area contributed by atoms with Crippen LogP contribution >= 0.6 is 30.8 Å². The van der Waals surface area contributed by atoms with Crippen LogP contribution in [0, 0.1) is 0 Å². The Labute approximate surface area is 88.5 Å². The predicted molar refractivity (Wildman–Crippen MR) is 56.4 cm³/mol. The largest absolute Gasteiger partial charge is 0.281 e. The van der Waals surface area contributed by atoms with E-state index in [4.69, 9.17) is 28.7 Å². The van der Waals surface area contributed by atoms with Crippen molar-refractivity contribution < 1.29 is 4.57 Å². The Bertz CT molecular complexity index is 206. The highest BCUT2D eigenvalue weighted by atomic mass is 35.5. The van der Waals surface area contributed by atoms with Gasteiger partial charge in [-0.15, -0.1) is 23.2 Å². The van der Waals surface area contributed by atoms with Crippen molar-refractivity contribution >= 4 is 30.8 Å². The Morgan fingerprint density at radius 3 is 2.08 bits per heavy atom. The highest BCUT2D eigenvalue weighted by Crippen LogP contribution is 2.49. The van der Waals surface area contributed by atoms with Crippen molar-refractivity contribution in [2.75, 3.05) is 37.9 Å². The topological polar surface area (TPSA) is 49.3 Å². The normalized spacial score (nSPS) is 21.8. The molecule has 1 aliphatic heterocycles. The van der Waals surface area contributed by atoms with Crippen molar-refractivity contribution in [2.24, 2.45) is 5.50 Å². The molecule has 0 saturated carbocycles. The second kappa shape index (κ2) is 4.96. The summed E-state index contributed by atoms with van der Waals surface area (Å²) >= 11 is 11.2. The van der Waals surface area contributed by atoms with E-state index in [0.717, 1.165) is 13.1 Å². The van der Waals surface area contributed by atoms with E-state index in [9.17, 15) is 4.57 Å². The van der Waals surface area contributed by atoms with Gasteiger partial charge in [0.15, 0.2) is 0 Å². The van der Waals surface area contributed by atoms with E-state index in [1.807, 2.05) is 0 Å². The molecule has 0 unspecified atom stereocenters. The molecule has 0 radical (unpaired) electrons. The summed E-state index contributed by atoms with van der Waals surface area (Å²) < 4.78 is 15.4. The Morgan fingerprint density at radius 2 is 1.77 bits per heavy atom. The number of alkyl halides is 2. The monoisotopic (exact) mass is 245 g/mol. The van der Waals surface area contributed by atoms with Gasteiger partial charge >= 0.3 is 0 Å². The van der Waals surface area contributed by atoms with Gasteiger partial charge in [-0.3, -0.25) is 10.1 Å². The minimum Gasteiger partial charge on any atom is -0.271 e. The number of hydrogen-bond donors (Lipinski definition) is 1. The Kier molecular flexibility index (Phi) is 4.49. The van der Waals surface area contributed by atoms with Crippen LogP contribution in [-0.2, 0) is 4.57 Å². The van der Waals surface area contributed by atoms with Crippen LogP contribution in [0.15, 0.2) is 0 Å². The molecular formula is C6H14Cl2N3OP. The zero-order valence-electron chi connectivity index (χ0n) is 7.33. The standard InChI is InChI=1S/C6H14Cl2N3OP/c7-1-3-10(4-2-8)13(9,12)11-5-6-11/h1-6H2,(H2,9,12)/t13-/m1/s1. The van der Waals surface area contributed by atoms with Crippen LogP contribution in [0.5, 0.6) is 0 Å². The summed E-state index contributed by atoms with van der Waals surface area (Å²) in [5.41, 5.74) is 5.73. The van der Waals surface area contributed by atoms with E-state index in [1.165, 1.54) is 0 Å². The van der Waals surface area contributed by atoms with Crippen LogP contribution in [0.1, 0.15) is 0 Å². The Hall–Kier alpha value is 0.690. The molecule has 0 aromatic carbocycles. The minimum absolute atomic E-state index is 0.423. The molecule has 0 aliphatic carbocycles. The molecule has 1 rings (SSSR count). The molecule has 1 atom stereocenters. The average molecular weight is 246 g/mol. The molecule has 0 amide bonds. The maximum absolute atomic E-state index is 12.0. The van der Waals surface area contributed by atoms with Crippen LogP contribution in [0.4, 0.5) is 0 Å². The molecule has 0 aromatic heterocycles. The Balaban J connectivity index is 2.55. The first-order valence-corrected chi connectivity index (χ1v) is 6.89. The van der Waals surface area contributed by atoms with Crippen molar-refractivity contribution in [3.05, 3.63) is 0 Å². The van der Waals surface area contributed by atoms with Crippen molar-refractivity contribution in [3.8, 4) is 0 Å². The zero-order chi connectivity index (χ0) is 9.90. The summed E-state index contributed by atoms with van der Waals surface area (Å²) in [6, 6.07) is 0. The molecule has 0 bridgehead atoms. The number of rotatable bonds is 6. The van der Waals surface area contributed by atoms with Crippen LogP contribution in [0.3, 0.4) is 0 Å². The maximum Gasteiger partial charge on any atom is 0.281 e. The van der Waals surface area contributed by atoms with Gasteiger partial charge in [-0.05, 0) is 0 Å². The van der Waals surface area contributed by atoms with Gasteiger partial charge in [-0.25, -0.2) is 9.34 Å². The lowest BCUT2D eigenvalue weighted by Gasteiger charge is -2.27. The van der Waals surface area contributed by atoms with Gasteiger partial charge in [0, 0.05) is 37.9 Å². The van der Waals surface area contributed by atoms with Gasteiger partial charge in [-0.2, -0.15) is 0 Å². The molecular weight excluding hydrogens is 232 g/mol. The van der Waals surface area contributed by atoms with Crippen molar-refractivity contribution in [1.82, 2.24) is 9.34 Å². The number of nitrogens with zero attached hydrogens (tertiary/aromatic N) is 2. The summed E-state index contributed by atoms with van der Waals surface area (Å²) in [6.45, 7) is 2.68. The number of halogens is 2. The van der Waals surface area contributed by atoms with Crippen molar-refractivity contribution in [2.45, 2.75) is 0 Å². The summed E-state index contributed by atoms with van der Waals surface area (Å²) in [5, 5.41) is 0. The fourth-order valence-electron chi connectivity index (χ4n) is 1.10. The first kappa shape index (κ1) is 11.8. The van der Waals surface area contributed by atoms with Gasteiger partial charge < -0.3 is 0 Å². The second-order valence-corrected chi connectivity index (χ2v) is 5.94. The average Bonchev–Trinajstić information content (AvgIpc) is 2.86. The first-order valence-electron chi connectivity index (χ1n) is 4.14. The van der Waals surface area contributed by atoms with Gasteiger partial charge in [0.05, 0.1) is 0 Å². The fraction of sp³-hybridized carbons (Fsp3) is 1.00. The first-order chi connectivity index (χ1) is 6.12. The van der Waals surface area contributed by atoms with Gasteiger partial charge in [0.1, 0.15) is 0 Å². The number of hydrogen-bond acceptors (Lipinski definition) is 1. The molecule has 78 valence electrons. The molecule has 7 heteroatoms. The zero-order valence-corrected chi connectivity index (χ0v) is 9.73. The summed E-state index contributed by atoms with van der Waals surface area (Å²) in [5.74, 6) is 0.845. The fourth-order valence-corrected chi connectivity index (χ4v) is 3.54. The van der Waals surface area contributed by atoms with E-state index in [2.05, 4.69) is 0 Å². The Morgan fingerprint density at radius 1 is 1.31 bits per heavy atom. The van der Waals surface area contributed by atoms with E-state index in [-0.39, 0.29) is 0 Å². The molecule has 0 spiro atoms. The van der Waals surface area contributed by atoms with Crippen molar-refractivity contribution in [3.63, 3.8) is 0 Å². The van der Waals surface area contributed by atoms with Gasteiger partial charge in [0.2, 0.25) is 0 Å². The molecule has 1 saturated heterocycles. The third kappa shape index (κ3) is 3.08. The van der Waals surface area contributed by atoms with Gasteiger partial charge in [0.25, 0.3) is 7.59 Å². The molecule has 0 aromatic rings. The maximum atomic E-state index is 12.0. The molecule has 1 fully saturated rings. The summed E-state index contributed by atoms with van der Waals surface area (Å²) in [4.78, 5) is 0. The minimum atomic E-state index is -2.80. The number of nitrogens with two attached hydrogens (primary N) is 1. The highest BCUT2D eigenvalue weighted by molar-refractivity contribution is 7.56. The SMILES string of the molecule is N[P@@](=O)(N(CCCl)CCCl)N1CC1. The van der Waals surface area contributed by atoms with Crippen LogP contribution < -0.4 is 5.50 Å². The lowest BCUT2D eigenvalue weighted by atomic mass is 10.6. The third-order valence-electron chi connectivity index (χ3n) is 1.92.